The second-order valence-electron chi connectivity index (χ2n) is 9.15. The molecule has 2 aromatic carbocycles. The van der Waals surface area contributed by atoms with E-state index < -0.39 is 36.3 Å². The number of alkyl halides is 5. The topological polar surface area (TPSA) is 80.8 Å². The van der Waals surface area contributed by atoms with Crippen LogP contribution in [0.1, 0.15) is 34.8 Å². The number of aromatic nitrogens is 1. The molecule has 40 heavy (non-hydrogen) atoms. The number of rotatable bonds is 9. The Labute approximate surface area is 226 Å². The third-order valence-corrected chi connectivity index (χ3v) is 6.41. The number of nitrogens with zero attached hydrogens (tertiary/aromatic N) is 2. The zero-order valence-corrected chi connectivity index (χ0v) is 21.4. The van der Waals surface area contributed by atoms with Crippen molar-refractivity contribution in [1.29, 1.82) is 0 Å². The minimum atomic E-state index is -5.01. The van der Waals surface area contributed by atoms with Crippen molar-refractivity contribution in [2.45, 2.75) is 32.2 Å². The van der Waals surface area contributed by atoms with Crippen LogP contribution in [0.4, 0.5) is 27.6 Å². The predicted octanol–water partition coefficient (Wildman–Crippen LogP) is 5.67. The van der Waals surface area contributed by atoms with E-state index in [2.05, 4.69) is 15.0 Å². The summed E-state index contributed by atoms with van der Waals surface area (Å²) in [7, 11) is 0. The van der Waals surface area contributed by atoms with Crippen molar-refractivity contribution in [2.24, 2.45) is 0 Å². The second-order valence-corrected chi connectivity index (χ2v) is 9.15. The highest BCUT2D eigenvalue weighted by atomic mass is 19.4. The van der Waals surface area contributed by atoms with Crippen molar-refractivity contribution in [3.63, 3.8) is 0 Å². The molecule has 0 bridgehead atoms. The van der Waals surface area contributed by atoms with Gasteiger partial charge in [-0.2, -0.15) is 0 Å². The summed E-state index contributed by atoms with van der Waals surface area (Å²) in [5, 5.41) is 2.47. The molecule has 1 aromatic heterocycles. The molecular formula is C28H26F5N3O4. The number of anilines is 1. The van der Waals surface area contributed by atoms with E-state index in [9.17, 15) is 31.5 Å². The standard InChI is InChI=1S/C28H26F5N3O4/c1-17(36-10-12-39-13-11-36)27(38)35-23-15-21(7-9-25(23)40-28(31,32)33)24(37)14-18-2-8-22(34-16-18)19-3-5-20(6-4-19)26(29)30/h2-9,15-17,26H,10-14H2,1H3,(H,35,38). The molecule has 12 heteroatoms. The maximum atomic E-state index is 13.0. The lowest BCUT2D eigenvalue weighted by Crippen LogP contribution is -2.47. The van der Waals surface area contributed by atoms with Crippen LogP contribution in [0.3, 0.4) is 0 Å². The molecule has 1 aliphatic rings. The van der Waals surface area contributed by atoms with Gasteiger partial charge in [0, 0.05) is 42.4 Å². The molecule has 1 aliphatic heterocycles. The monoisotopic (exact) mass is 563 g/mol. The molecule has 212 valence electrons. The van der Waals surface area contributed by atoms with E-state index in [1.54, 1.807) is 19.1 Å². The first-order chi connectivity index (χ1) is 19.0. The number of carbonyl (C=O) groups excluding carboxylic acids is 2. The molecule has 1 saturated heterocycles. The Bertz CT molecular complexity index is 1330. The molecule has 1 fully saturated rings. The van der Waals surface area contributed by atoms with E-state index in [4.69, 9.17) is 4.74 Å². The van der Waals surface area contributed by atoms with Gasteiger partial charge in [-0.1, -0.05) is 30.3 Å². The van der Waals surface area contributed by atoms with Crippen molar-refractivity contribution in [3.05, 3.63) is 77.5 Å². The molecule has 7 nitrogen and oxygen atoms in total. The SMILES string of the molecule is CC(C(=O)Nc1cc(C(=O)Cc2ccc(-c3ccc(C(F)F)cc3)nc2)ccc1OC(F)(F)F)N1CCOCC1. The van der Waals surface area contributed by atoms with Crippen LogP contribution >= 0.6 is 0 Å². The minimum Gasteiger partial charge on any atom is -0.404 e. The normalized spacial score (nSPS) is 15.1. The molecule has 0 spiro atoms. The van der Waals surface area contributed by atoms with E-state index in [1.165, 1.54) is 36.5 Å². The molecule has 3 aromatic rings. The van der Waals surface area contributed by atoms with Crippen molar-refractivity contribution in [2.75, 3.05) is 31.6 Å². The van der Waals surface area contributed by atoms with Crippen LogP contribution < -0.4 is 10.1 Å². The summed E-state index contributed by atoms with van der Waals surface area (Å²) in [6.45, 7) is 3.49. The number of morpholine rings is 1. The van der Waals surface area contributed by atoms with Crippen LogP contribution in [0.25, 0.3) is 11.3 Å². The highest BCUT2D eigenvalue weighted by Crippen LogP contribution is 2.32. The summed E-state index contributed by atoms with van der Waals surface area (Å²) in [4.78, 5) is 32.0. The van der Waals surface area contributed by atoms with E-state index in [1.807, 2.05) is 4.90 Å². The molecule has 0 aliphatic carbocycles. The number of ketones is 1. The van der Waals surface area contributed by atoms with Crippen molar-refractivity contribution < 1.29 is 41.0 Å². The van der Waals surface area contributed by atoms with E-state index in [-0.39, 0.29) is 23.2 Å². The third kappa shape index (κ3) is 7.60. The molecule has 0 radical (unpaired) electrons. The molecule has 1 amide bonds. The predicted molar refractivity (Wildman–Crippen MR) is 136 cm³/mol. The summed E-state index contributed by atoms with van der Waals surface area (Å²) in [6.07, 6.45) is -6.24. The van der Waals surface area contributed by atoms with Gasteiger partial charge in [-0.25, -0.2) is 8.78 Å². The van der Waals surface area contributed by atoms with Gasteiger partial charge < -0.3 is 14.8 Å². The van der Waals surface area contributed by atoms with Gasteiger partial charge >= 0.3 is 6.36 Å². The Kier molecular flexibility index (Phi) is 9.10. The Hall–Kier alpha value is -3.90. The van der Waals surface area contributed by atoms with Gasteiger partial charge in [0.05, 0.1) is 30.6 Å². The summed E-state index contributed by atoms with van der Waals surface area (Å²) in [5.74, 6) is -1.62. The Morgan fingerprint density at radius 1 is 1.05 bits per heavy atom. The van der Waals surface area contributed by atoms with Gasteiger partial charge in [-0.15, -0.1) is 13.2 Å². The number of Topliss-reactive ketones (excluding diaryl/α,β-unsaturated/α-hetero) is 1. The number of halogens is 5. The lowest BCUT2D eigenvalue weighted by molar-refractivity contribution is -0.274. The number of nitrogens with one attached hydrogen (secondary N) is 1. The number of carbonyl (C=O) groups is 2. The minimum absolute atomic E-state index is 0.0653. The van der Waals surface area contributed by atoms with Crippen LogP contribution in [0.15, 0.2) is 60.8 Å². The van der Waals surface area contributed by atoms with Gasteiger partial charge in [0.2, 0.25) is 5.91 Å². The van der Waals surface area contributed by atoms with Crippen LogP contribution in [-0.4, -0.2) is 60.3 Å². The lowest BCUT2D eigenvalue weighted by atomic mass is 10.0. The number of hydrogen-bond donors (Lipinski definition) is 1. The van der Waals surface area contributed by atoms with Gasteiger partial charge in [-0.3, -0.25) is 19.5 Å². The fourth-order valence-corrected chi connectivity index (χ4v) is 4.17. The first-order valence-electron chi connectivity index (χ1n) is 12.4. The lowest BCUT2D eigenvalue weighted by Gasteiger charge is -2.31. The molecule has 1 unspecified atom stereocenters. The Morgan fingerprint density at radius 3 is 2.35 bits per heavy atom. The Morgan fingerprint density at radius 2 is 1.75 bits per heavy atom. The highest BCUT2D eigenvalue weighted by Gasteiger charge is 2.33. The molecule has 2 heterocycles. The average Bonchev–Trinajstić information content (AvgIpc) is 2.93. The fraction of sp³-hybridized carbons (Fsp3) is 0.321. The number of ether oxygens (including phenoxy) is 2. The Balaban J connectivity index is 1.49. The van der Waals surface area contributed by atoms with Gasteiger partial charge in [0.1, 0.15) is 0 Å². The highest BCUT2D eigenvalue weighted by molar-refractivity contribution is 6.01. The quantitative estimate of drug-likeness (QED) is 0.267. The number of pyridine rings is 1. The smallest absolute Gasteiger partial charge is 0.404 e. The first-order valence-corrected chi connectivity index (χ1v) is 12.4. The van der Waals surface area contributed by atoms with Crippen molar-refractivity contribution in [1.82, 2.24) is 9.88 Å². The van der Waals surface area contributed by atoms with E-state index in [0.29, 0.717) is 43.1 Å². The van der Waals surface area contributed by atoms with Gasteiger partial charge in [0.25, 0.3) is 6.43 Å². The number of hydrogen-bond acceptors (Lipinski definition) is 6. The first kappa shape index (κ1) is 29.1. The second kappa shape index (κ2) is 12.5. The van der Waals surface area contributed by atoms with Gasteiger partial charge in [-0.05, 0) is 36.8 Å². The fourth-order valence-electron chi connectivity index (χ4n) is 4.17. The van der Waals surface area contributed by atoms with E-state index >= 15 is 0 Å². The summed E-state index contributed by atoms with van der Waals surface area (Å²) in [6, 6.07) is 11.6. The van der Waals surface area contributed by atoms with E-state index in [0.717, 1.165) is 12.1 Å². The summed E-state index contributed by atoms with van der Waals surface area (Å²) >= 11 is 0. The number of amides is 1. The summed E-state index contributed by atoms with van der Waals surface area (Å²) < 4.78 is 73.9. The number of benzene rings is 2. The maximum absolute atomic E-state index is 13.0. The molecule has 4 rings (SSSR count). The largest absolute Gasteiger partial charge is 0.573 e. The van der Waals surface area contributed by atoms with Gasteiger partial charge in [0.15, 0.2) is 11.5 Å². The maximum Gasteiger partial charge on any atom is 0.573 e. The average molecular weight is 564 g/mol. The molecule has 1 N–H and O–H groups in total. The zero-order chi connectivity index (χ0) is 28.9. The summed E-state index contributed by atoms with van der Waals surface area (Å²) in [5.41, 5.74) is 1.34. The van der Waals surface area contributed by atoms with Crippen LogP contribution in [0, 0.1) is 0 Å². The van der Waals surface area contributed by atoms with Crippen molar-refractivity contribution in [3.8, 4) is 17.0 Å². The molecule has 1 atom stereocenters. The third-order valence-electron chi connectivity index (χ3n) is 6.41. The molecular weight excluding hydrogens is 537 g/mol. The molecule has 0 saturated carbocycles. The van der Waals surface area contributed by atoms with Crippen LogP contribution in [0.5, 0.6) is 5.75 Å². The van der Waals surface area contributed by atoms with Crippen LogP contribution in [0.2, 0.25) is 0 Å². The zero-order valence-electron chi connectivity index (χ0n) is 21.4. The van der Waals surface area contributed by atoms with Crippen molar-refractivity contribution >= 4 is 17.4 Å². The van der Waals surface area contributed by atoms with Crippen LogP contribution in [-0.2, 0) is 16.0 Å².